The average Bonchev–Trinajstić information content (AvgIpc) is 3.18. The summed E-state index contributed by atoms with van der Waals surface area (Å²) in [5, 5.41) is 9.03. The van der Waals surface area contributed by atoms with E-state index in [0.717, 1.165) is 31.9 Å². The molecule has 0 spiro atoms. The normalized spacial score (nSPS) is 14.0. The summed E-state index contributed by atoms with van der Waals surface area (Å²) in [6.45, 7) is 3.51. The Balaban J connectivity index is 1.47. The van der Waals surface area contributed by atoms with Gasteiger partial charge in [0.2, 0.25) is 5.88 Å². The van der Waals surface area contributed by atoms with Crippen molar-refractivity contribution in [3.05, 3.63) is 49.1 Å². The molecule has 3 aromatic heterocycles. The molecule has 1 aliphatic heterocycles. The second-order valence-electron chi connectivity index (χ2n) is 5.83. The first-order chi connectivity index (χ1) is 13.3. The molecule has 4 heterocycles. The summed E-state index contributed by atoms with van der Waals surface area (Å²) in [5.41, 5.74) is 1.54. The molecule has 27 heavy (non-hydrogen) atoms. The fourth-order valence-electron chi connectivity index (χ4n) is 2.77. The van der Waals surface area contributed by atoms with Gasteiger partial charge in [-0.3, -0.25) is 14.8 Å². The number of carbonyl (C=O) groups is 1. The largest absolute Gasteiger partial charge is 0.416 e. The monoisotopic (exact) mass is 366 g/mol. The standard InChI is InChI=1S/C17H18N8O2/c26-16(17-22-11-15(27-17)24-14-10-20-3-4-21-14)23-12-9-19-2-1-13(12)25-7-5-18-6-8-25/h1-4,9-11,18H,5-8H2,(H,21,24)(H,23,26). The van der Waals surface area contributed by atoms with Gasteiger partial charge in [0, 0.05) is 44.8 Å². The van der Waals surface area contributed by atoms with Gasteiger partial charge in [-0.05, 0) is 6.07 Å². The van der Waals surface area contributed by atoms with Crippen LogP contribution in [0.1, 0.15) is 10.7 Å². The number of carbonyl (C=O) groups excluding carboxylic acids is 1. The number of piperazine rings is 1. The fourth-order valence-corrected chi connectivity index (χ4v) is 2.77. The average molecular weight is 366 g/mol. The lowest BCUT2D eigenvalue weighted by atomic mass is 10.2. The number of anilines is 4. The van der Waals surface area contributed by atoms with Crippen LogP contribution in [0, 0.1) is 0 Å². The molecule has 1 fully saturated rings. The smallest absolute Gasteiger partial charge is 0.311 e. The van der Waals surface area contributed by atoms with Crippen LogP contribution >= 0.6 is 0 Å². The highest BCUT2D eigenvalue weighted by molar-refractivity contribution is 6.03. The summed E-state index contributed by atoms with van der Waals surface area (Å²) in [5.74, 6) is 0.283. The molecule has 0 radical (unpaired) electrons. The van der Waals surface area contributed by atoms with E-state index in [1.807, 2.05) is 6.07 Å². The highest BCUT2D eigenvalue weighted by Crippen LogP contribution is 2.25. The van der Waals surface area contributed by atoms with Gasteiger partial charge in [0.05, 0.1) is 30.0 Å². The van der Waals surface area contributed by atoms with Gasteiger partial charge in [-0.2, -0.15) is 0 Å². The van der Waals surface area contributed by atoms with Crippen LogP contribution in [-0.2, 0) is 0 Å². The quantitative estimate of drug-likeness (QED) is 0.613. The first-order valence-electron chi connectivity index (χ1n) is 8.49. The van der Waals surface area contributed by atoms with E-state index in [1.165, 1.54) is 12.4 Å². The third-order valence-electron chi connectivity index (χ3n) is 4.02. The number of oxazole rings is 1. The molecular weight excluding hydrogens is 348 g/mol. The zero-order chi connectivity index (χ0) is 18.5. The summed E-state index contributed by atoms with van der Waals surface area (Å²) >= 11 is 0. The lowest BCUT2D eigenvalue weighted by Gasteiger charge is -2.30. The topological polar surface area (TPSA) is 121 Å². The number of rotatable bonds is 5. The van der Waals surface area contributed by atoms with Crippen LogP contribution in [0.25, 0.3) is 0 Å². The van der Waals surface area contributed by atoms with Crippen LogP contribution in [0.4, 0.5) is 23.1 Å². The number of nitrogens with one attached hydrogen (secondary N) is 3. The zero-order valence-electron chi connectivity index (χ0n) is 14.4. The van der Waals surface area contributed by atoms with E-state index in [2.05, 4.69) is 40.8 Å². The highest BCUT2D eigenvalue weighted by Gasteiger charge is 2.19. The van der Waals surface area contributed by atoms with Gasteiger partial charge < -0.3 is 25.3 Å². The molecular formula is C17H18N8O2. The Morgan fingerprint density at radius 2 is 1.93 bits per heavy atom. The molecule has 0 unspecified atom stereocenters. The van der Waals surface area contributed by atoms with E-state index in [9.17, 15) is 4.79 Å². The van der Waals surface area contributed by atoms with Crippen molar-refractivity contribution in [2.75, 3.05) is 41.7 Å². The van der Waals surface area contributed by atoms with Crippen molar-refractivity contribution >= 4 is 29.0 Å². The van der Waals surface area contributed by atoms with Crippen molar-refractivity contribution in [1.82, 2.24) is 25.3 Å². The molecule has 10 heteroatoms. The third-order valence-corrected chi connectivity index (χ3v) is 4.02. The number of hydrogen-bond acceptors (Lipinski definition) is 9. The predicted molar refractivity (Wildman–Crippen MR) is 99.1 cm³/mol. The van der Waals surface area contributed by atoms with Crippen LogP contribution in [-0.4, -0.2) is 52.0 Å². The van der Waals surface area contributed by atoms with Gasteiger partial charge in [0.1, 0.15) is 0 Å². The van der Waals surface area contributed by atoms with Crippen LogP contribution in [0.5, 0.6) is 0 Å². The molecule has 10 nitrogen and oxygen atoms in total. The highest BCUT2D eigenvalue weighted by atomic mass is 16.4. The van der Waals surface area contributed by atoms with E-state index in [1.54, 1.807) is 24.8 Å². The number of amides is 1. The van der Waals surface area contributed by atoms with Crippen molar-refractivity contribution in [2.24, 2.45) is 0 Å². The van der Waals surface area contributed by atoms with Crippen molar-refractivity contribution < 1.29 is 9.21 Å². The van der Waals surface area contributed by atoms with Crippen LogP contribution in [0.15, 0.2) is 47.7 Å². The van der Waals surface area contributed by atoms with Crippen LogP contribution in [0.2, 0.25) is 0 Å². The number of nitrogens with zero attached hydrogens (tertiary/aromatic N) is 5. The Bertz CT molecular complexity index is 908. The van der Waals surface area contributed by atoms with Gasteiger partial charge in [0.25, 0.3) is 5.89 Å². The maximum absolute atomic E-state index is 12.5. The molecule has 0 aromatic carbocycles. The lowest BCUT2D eigenvalue weighted by Crippen LogP contribution is -2.43. The van der Waals surface area contributed by atoms with Crippen molar-refractivity contribution in [2.45, 2.75) is 0 Å². The van der Waals surface area contributed by atoms with E-state index in [0.29, 0.717) is 17.4 Å². The molecule has 0 bridgehead atoms. The van der Waals surface area contributed by atoms with E-state index in [4.69, 9.17) is 4.42 Å². The summed E-state index contributed by atoms with van der Waals surface area (Å²) in [7, 11) is 0. The van der Waals surface area contributed by atoms with E-state index >= 15 is 0 Å². The van der Waals surface area contributed by atoms with Gasteiger partial charge in [-0.1, -0.05) is 0 Å². The Labute approximate surface area is 155 Å². The van der Waals surface area contributed by atoms with Crippen molar-refractivity contribution in [1.29, 1.82) is 0 Å². The zero-order valence-corrected chi connectivity index (χ0v) is 14.4. The Kier molecular flexibility index (Phi) is 4.88. The summed E-state index contributed by atoms with van der Waals surface area (Å²) in [4.78, 5) is 30.9. The Morgan fingerprint density at radius 3 is 2.74 bits per heavy atom. The maximum atomic E-state index is 12.5. The number of hydrogen-bond donors (Lipinski definition) is 3. The molecule has 1 saturated heterocycles. The summed E-state index contributed by atoms with van der Waals surface area (Å²) < 4.78 is 5.46. The molecule has 138 valence electrons. The number of pyridine rings is 1. The minimum absolute atomic E-state index is 0.0588. The van der Waals surface area contributed by atoms with Crippen molar-refractivity contribution in [3.63, 3.8) is 0 Å². The third kappa shape index (κ3) is 4.01. The Hall–Kier alpha value is -3.53. The second kappa shape index (κ2) is 7.79. The molecule has 4 rings (SSSR count). The first-order valence-corrected chi connectivity index (χ1v) is 8.49. The molecule has 3 N–H and O–H groups in total. The summed E-state index contributed by atoms with van der Waals surface area (Å²) in [6, 6.07) is 1.89. The molecule has 1 aliphatic rings. The first kappa shape index (κ1) is 16.9. The minimum Gasteiger partial charge on any atom is -0.416 e. The SMILES string of the molecule is O=C(Nc1cnccc1N1CCNCC1)c1ncc(Nc2cnccn2)o1. The van der Waals surface area contributed by atoms with Gasteiger partial charge in [-0.25, -0.2) is 9.97 Å². The van der Waals surface area contributed by atoms with Gasteiger partial charge in [-0.15, -0.1) is 0 Å². The lowest BCUT2D eigenvalue weighted by molar-refractivity contribution is 0.0991. The van der Waals surface area contributed by atoms with Crippen LogP contribution in [0.3, 0.4) is 0 Å². The van der Waals surface area contributed by atoms with Gasteiger partial charge in [0.15, 0.2) is 5.82 Å². The molecule has 0 atom stereocenters. The minimum atomic E-state index is -0.452. The Morgan fingerprint density at radius 1 is 1.07 bits per heavy atom. The van der Waals surface area contributed by atoms with Gasteiger partial charge >= 0.3 is 5.91 Å². The summed E-state index contributed by atoms with van der Waals surface area (Å²) in [6.07, 6.45) is 9.40. The second-order valence-corrected chi connectivity index (χ2v) is 5.83. The van der Waals surface area contributed by atoms with E-state index in [-0.39, 0.29) is 5.89 Å². The molecule has 1 amide bonds. The fraction of sp³-hybridized carbons (Fsp3) is 0.235. The number of aromatic nitrogens is 4. The molecule has 0 saturated carbocycles. The molecule has 0 aliphatic carbocycles. The van der Waals surface area contributed by atoms with E-state index < -0.39 is 5.91 Å². The van der Waals surface area contributed by atoms with Crippen molar-refractivity contribution in [3.8, 4) is 0 Å². The van der Waals surface area contributed by atoms with Crippen LogP contribution < -0.4 is 20.9 Å². The predicted octanol–water partition coefficient (Wildman–Crippen LogP) is 1.27. The molecule has 3 aromatic rings. The maximum Gasteiger partial charge on any atom is 0.311 e.